The van der Waals surface area contributed by atoms with Crippen LogP contribution in [0.15, 0.2) is 28.7 Å². The van der Waals surface area contributed by atoms with Crippen molar-refractivity contribution in [1.29, 1.82) is 0 Å². The van der Waals surface area contributed by atoms with Crippen molar-refractivity contribution in [2.24, 2.45) is 5.41 Å². The summed E-state index contributed by atoms with van der Waals surface area (Å²) < 4.78 is 24.0. The molecule has 1 fully saturated rings. The fourth-order valence-corrected chi connectivity index (χ4v) is 4.62. The molecule has 0 amide bonds. The number of carboxylic acid groups (broad SMARTS) is 1. The molecule has 0 radical (unpaired) electrons. The van der Waals surface area contributed by atoms with Crippen molar-refractivity contribution in [1.82, 2.24) is 0 Å². The number of halogens is 1. The van der Waals surface area contributed by atoms with Gasteiger partial charge in [-0.15, -0.1) is 0 Å². The topological polar surface area (TPSA) is 71.4 Å². The van der Waals surface area contributed by atoms with E-state index >= 15 is 0 Å². The molecule has 1 atom stereocenters. The van der Waals surface area contributed by atoms with Gasteiger partial charge in [-0.3, -0.25) is 4.79 Å². The van der Waals surface area contributed by atoms with Gasteiger partial charge in [-0.25, -0.2) is 8.42 Å². The predicted octanol–water partition coefficient (Wildman–Crippen LogP) is 1.88. The Morgan fingerprint density at radius 2 is 1.94 bits per heavy atom. The van der Waals surface area contributed by atoms with Gasteiger partial charge < -0.3 is 5.11 Å². The van der Waals surface area contributed by atoms with Gasteiger partial charge in [0.2, 0.25) is 0 Å². The monoisotopic (exact) mass is 332 g/mol. The molecule has 1 saturated heterocycles. The van der Waals surface area contributed by atoms with Crippen LogP contribution in [-0.2, 0) is 21.1 Å². The van der Waals surface area contributed by atoms with E-state index in [1.54, 1.807) is 0 Å². The standard InChI is InChI=1S/C12H13BrO4S/c13-10-3-1-9(2-4-10)7-12(11(14)15)5-6-18(16,17)8-12/h1-4H,5-8H2,(H,14,15). The van der Waals surface area contributed by atoms with Crippen LogP contribution < -0.4 is 0 Å². The predicted molar refractivity (Wildman–Crippen MR) is 71.2 cm³/mol. The van der Waals surface area contributed by atoms with Crippen LogP contribution >= 0.6 is 15.9 Å². The zero-order valence-corrected chi connectivity index (χ0v) is 12.0. The summed E-state index contributed by atoms with van der Waals surface area (Å²) in [6.07, 6.45) is 0.454. The molecule has 1 aromatic carbocycles. The van der Waals surface area contributed by atoms with Gasteiger partial charge in [0.25, 0.3) is 0 Å². The summed E-state index contributed by atoms with van der Waals surface area (Å²) in [5, 5.41) is 9.34. The molecule has 1 aliphatic rings. The highest BCUT2D eigenvalue weighted by Gasteiger charge is 2.48. The maximum atomic E-state index is 11.5. The maximum Gasteiger partial charge on any atom is 0.311 e. The second-order valence-electron chi connectivity index (χ2n) is 4.73. The van der Waals surface area contributed by atoms with Gasteiger partial charge in [-0.05, 0) is 30.5 Å². The molecule has 1 aromatic rings. The lowest BCUT2D eigenvalue weighted by molar-refractivity contribution is -0.147. The van der Waals surface area contributed by atoms with Gasteiger partial charge >= 0.3 is 5.97 Å². The number of carboxylic acids is 1. The molecule has 1 heterocycles. The SMILES string of the molecule is O=C(O)C1(Cc2ccc(Br)cc2)CCS(=O)(=O)C1. The van der Waals surface area contributed by atoms with Crippen LogP contribution in [0.3, 0.4) is 0 Å². The van der Waals surface area contributed by atoms with Crippen molar-refractivity contribution in [3.8, 4) is 0 Å². The van der Waals surface area contributed by atoms with Crippen LogP contribution in [0.25, 0.3) is 0 Å². The van der Waals surface area contributed by atoms with E-state index < -0.39 is 21.2 Å². The fourth-order valence-electron chi connectivity index (χ4n) is 2.29. The summed E-state index contributed by atoms with van der Waals surface area (Å²) >= 11 is 3.31. The Bertz CT molecular complexity index is 564. The third-order valence-corrected chi connectivity index (χ3v) is 5.64. The number of aliphatic carboxylic acids is 1. The summed E-state index contributed by atoms with van der Waals surface area (Å²) in [6, 6.07) is 7.29. The van der Waals surface area contributed by atoms with Gasteiger partial charge in [-0.1, -0.05) is 28.1 Å². The molecule has 4 nitrogen and oxygen atoms in total. The van der Waals surface area contributed by atoms with Crippen LogP contribution in [0.4, 0.5) is 0 Å². The Hall–Kier alpha value is -0.880. The van der Waals surface area contributed by atoms with Gasteiger partial charge in [0.1, 0.15) is 0 Å². The van der Waals surface area contributed by atoms with E-state index in [0.717, 1.165) is 10.0 Å². The van der Waals surface area contributed by atoms with Gasteiger partial charge in [0.15, 0.2) is 9.84 Å². The normalized spacial score (nSPS) is 26.1. The molecule has 0 aliphatic carbocycles. The molecule has 0 spiro atoms. The average molecular weight is 333 g/mol. The van der Waals surface area contributed by atoms with E-state index in [9.17, 15) is 18.3 Å². The van der Waals surface area contributed by atoms with Crippen LogP contribution in [0.1, 0.15) is 12.0 Å². The van der Waals surface area contributed by atoms with E-state index in [1.165, 1.54) is 0 Å². The molecule has 0 bridgehead atoms. The first-order valence-electron chi connectivity index (χ1n) is 5.51. The number of benzene rings is 1. The van der Waals surface area contributed by atoms with Gasteiger partial charge in [0, 0.05) is 4.47 Å². The Morgan fingerprint density at radius 1 is 1.33 bits per heavy atom. The first kappa shape index (κ1) is 13.5. The van der Waals surface area contributed by atoms with Crippen molar-refractivity contribution in [3.05, 3.63) is 34.3 Å². The molecule has 1 unspecified atom stereocenters. The first-order chi connectivity index (χ1) is 8.33. The number of hydrogen-bond acceptors (Lipinski definition) is 3. The fraction of sp³-hybridized carbons (Fsp3) is 0.417. The highest BCUT2D eigenvalue weighted by molar-refractivity contribution is 9.10. The zero-order chi connectivity index (χ0) is 13.4. The average Bonchev–Trinajstić information content (AvgIpc) is 2.59. The Morgan fingerprint density at radius 3 is 2.39 bits per heavy atom. The minimum Gasteiger partial charge on any atom is -0.481 e. The number of sulfone groups is 1. The minimum atomic E-state index is -3.22. The Balaban J connectivity index is 2.28. The quantitative estimate of drug-likeness (QED) is 0.917. The van der Waals surface area contributed by atoms with E-state index in [2.05, 4.69) is 15.9 Å². The third kappa shape index (κ3) is 2.75. The molecule has 6 heteroatoms. The minimum absolute atomic E-state index is 0.0319. The highest BCUT2D eigenvalue weighted by atomic mass is 79.9. The first-order valence-corrected chi connectivity index (χ1v) is 8.13. The van der Waals surface area contributed by atoms with Gasteiger partial charge in [0.05, 0.1) is 16.9 Å². The van der Waals surface area contributed by atoms with Crippen LogP contribution in [0.2, 0.25) is 0 Å². The molecular weight excluding hydrogens is 320 g/mol. The van der Waals surface area contributed by atoms with Crippen molar-refractivity contribution in [2.75, 3.05) is 11.5 Å². The lowest BCUT2D eigenvalue weighted by atomic mass is 9.81. The maximum absolute atomic E-state index is 11.5. The molecular formula is C12H13BrO4S. The summed E-state index contributed by atoms with van der Waals surface area (Å²) in [5.41, 5.74) is -0.315. The number of carbonyl (C=O) groups is 1. The Labute approximate surface area is 114 Å². The van der Waals surface area contributed by atoms with E-state index in [-0.39, 0.29) is 24.3 Å². The summed E-state index contributed by atoms with van der Waals surface area (Å²) in [5.74, 6) is -1.31. The largest absolute Gasteiger partial charge is 0.481 e. The molecule has 98 valence electrons. The van der Waals surface area contributed by atoms with E-state index in [0.29, 0.717) is 0 Å². The lowest BCUT2D eigenvalue weighted by Gasteiger charge is -2.22. The van der Waals surface area contributed by atoms with Crippen molar-refractivity contribution in [3.63, 3.8) is 0 Å². The number of hydrogen-bond donors (Lipinski definition) is 1. The summed E-state index contributed by atoms with van der Waals surface area (Å²) in [6.45, 7) is 0. The lowest BCUT2D eigenvalue weighted by Crippen LogP contribution is -2.34. The Kier molecular flexibility index (Phi) is 3.51. The summed E-state index contributed by atoms with van der Waals surface area (Å²) in [4.78, 5) is 11.4. The molecule has 1 N–H and O–H groups in total. The highest BCUT2D eigenvalue weighted by Crippen LogP contribution is 2.36. The molecule has 0 aromatic heterocycles. The third-order valence-electron chi connectivity index (χ3n) is 3.30. The molecule has 2 rings (SSSR count). The van der Waals surface area contributed by atoms with Crippen LogP contribution in [0, 0.1) is 5.41 Å². The van der Waals surface area contributed by atoms with Crippen molar-refractivity contribution >= 4 is 31.7 Å². The van der Waals surface area contributed by atoms with Crippen molar-refractivity contribution in [2.45, 2.75) is 12.8 Å². The smallest absolute Gasteiger partial charge is 0.311 e. The molecule has 18 heavy (non-hydrogen) atoms. The molecule has 1 aliphatic heterocycles. The molecule has 0 saturated carbocycles. The van der Waals surface area contributed by atoms with Crippen molar-refractivity contribution < 1.29 is 18.3 Å². The number of rotatable bonds is 3. The van der Waals surface area contributed by atoms with Crippen LogP contribution in [0.5, 0.6) is 0 Å². The van der Waals surface area contributed by atoms with Gasteiger partial charge in [-0.2, -0.15) is 0 Å². The van der Waals surface area contributed by atoms with Crippen LogP contribution in [-0.4, -0.2) is 31.0 Å². The zero-order valence-electron chi connectivity index (χ0n) is 9.60. The second kappa shape index (κ2) is 4.66. The second-order valence-corrected chi connectivity index (χ2v) is 7.83. The van der Waals surface area contributed by atoms with E-state index in [1.807, 2.05) is 24.3 Å². The summed E-state index contributed by atoms with van der Waals surface area (Å²) in [7, 11) is -3.22. The van der Waals surface area contributed by atoms with E-state index in [4.69, 9.17) is 0 Å².